The Bertz CT molecular complexity index is 463. The molecule has 0 atom stereocenters. The number of hydrogen-bond donors (Lipinski definition) is 1. The van der Waals surface area contributed by atoms with E-state index in [1.165, 1.54) is 4.31 Å². The highest BCUT2D eigenvalue weighted by atomic mass is 32.2. The van der Waals surface area contributed by atoms with Gasteiger partial charge in [-0.25, -0.2) is 8.42 Å². The van der Waals surface area contributed by atoms with Crippen LogP contribution in [0.2, 0.25) is 0 Å². The van der Waals surface area contributed by atoms with E-state index in [0.29, 0.717) is 10.5 Å². The molecule has 0 heterocycles. The van der Waals surface area contributed by atoms with Crippen molar-refractivity contribution in [2.24, 2.45) is 0 Å². The van der Waals surface area contributed by atoms with Crippen LogP contribution in [0.4, 0.5) is 0 Å². The largest absolute Gasteiger partial charge is 0.392 e. The van der Waals surface area contributed by atoms with Gasteiger partial charge in [0.2, 0.25) is 10.0 Å². The van der Waals surface area contributed by atoms with Gasteiger partial charge in [0.15, 0.2) is 0 Å². The molecule has 0 bridgehead atoms. The van der Waals surface area contributed by atoms with Gasteiger partial charge in [0.05, 0.1) is 11.5 Å². The Labute approximate surface area is 95.6 Å². The van der Waals surface area contributed by atoms with E-state index >= 15 is 0 Å². The molecule has 0 saturated heterocycles. The van der Waals surface area contributed by atoms with Crippen LogP contribution in [0.15, 0.2) is 29.2 Å². The number of benzene rings is 1. The van der Waals surface area contributed by atoms with Crippen LogP contribution in [0.5, 0.6) is 0 Å². The molecule has 0 spiro atoms. The molecule has 88 valence electrons. The number of sulfonamides is 1. The molecule has 1 saturated carbocycles. The van der Waals surface area contributed by atoms with Gasteiger partial charge in [-0.1, -0.05) is 12.1 Å². The van der Waals surface area contributed by atoms with Gasteiger partial charge in [-0.05, 0) is 30.5 Å². The second-order valence-corrected chi connectivity index (χ2v) is 6.05. The van der Waals surface area contributed by atoms with E-state index in [2.05, 4.69) is 0 Å². The molecule has 5 heteroatoms. The summed E-state index contributed by atoms with van der Waals surface area (Å²) in [6.07, 6.45) is 1.90. The van der Waals surface area contributed by atoms with E-state index in [0.717, 1.165) is 12.8 Å². The summed E-state index contributed by atoms with van der Waals surface area (Å²) in [7, 11) is -1.73. The first-order valence-electron chi connectivity index (χ1n) is 5.23. The van der Waals surface area contributed by atoms with Crippen LogP contribution in [0.25, 0.3) is 0 Å². The third-order valence-electron chi connectivity index (χ3n) is 2.84. The maximum Gasteiger partial charge on any atom is 0.243 e. The molecule has 0 radical (unpaired) electrons. The molecule has 0 unspecified atom stereocenters. The van der Waals surface area contributed by atoms with Crippen LogP contribution in [-0.2, 0) is 16.6 Å². The lowest BCUT2D eigenvalue weighted by molar-refractivity contribution is 0.281. The molecule has 1 fully saturated rings. The van der Waals surface area contributed by atoms with Crippen LogP contribution < -0.4 is 0 Å². The van der Waals surface area contributed by atoms with Crippen LogP contribution >= 0.6 is 0 Å². The highest BCUT2D eigenvalue weighted by molar-refractivity contribution is 7.89. The number of aliphatic hydroxyl groups is 1. The van der Waals surface area contributed by atoms with Gasteiger partial charge >= 0.3 is 0 Å². The van der Waals surface area contributed by atoms with Gasteiger partial charge in [-0.2, -0.15) is 4.31 Å². The van der Waals surface area contributed by atoms with Gasteiger partial charge in [-0.15, -0.1) is 0 Å². The predicted molar refractivity (Wildman–Crippen MR) is 60.3 cm³/mol. The van der Waals surface area contributed by atoms with Crippen molar-refractivity contribution in [3.8, 4) is 0 Å². The van der Waals surface area contributed by atoms with Crippen molar-refractivity contribution in [1.82, 2.24) is 4.31 Å². The summed E-state index contributed by atoms with van der Waals surface area (Å²) < 4.78 is 25.6. The van der Waals surface area contributed by atoms with Crippen molar-refractivity contribution < 1.29 is 13.5 Å². The molecule has 1 aromatic carbocycles. The Hall–Kier alpha value is -0.910. The third kappa shape index (κ3) is 2.11. The number of hydrogen-bond acceptors (Lipinski definition) is 3. The maximum absolute atomic E-state index is 12.1. The molecule has 16 heavy (non-hydrogen) atoms. The highest BCUT2D eigenvalue weighted by Gasteiger charge is 2.34. The molecule has 2 rings (SSSR count). The summed E-state index contributed by atoms with van der Waals surface area (Å²) in [5.74, 6) is 0. The average molecular weight is 241 g/mol. The van der Waals surface area contributed by atoms with Crippen molar-refractivity contribution in [2.75, 3.05) is 7.05 Å². The van der Waals surface area contributed by atoms with Gasteiger partial charge in [0.25, 0.3) is 0 Å². The van der Waals surface area contributed by atoms with E-state index < -0.39 is 10.0 Å². The van der Waals surface area contributed by atoms with E-state index in [1.54, 1.807) is 31.3 Å². The molecule has 4 nitrogen and oxygen atoms in total. The first-order valence-corrected chi connectivity index (χ1v) is 6.67. The summed E-state index contributed by atoms with van der Waals surface area (Å²) in [4.78, 5) is 0.291. The fourth-order valence-electron chi connectivity index (χ4n) is 1.57. The SMILES string of the molecule is CN(C1CC1)S(=O)(=O)c1ccc(CO)cc1. The van der Waals surface area contributed by atoms with Crippen molar-refractivity contribution in [1.29, 1.82) is 0 Å². The maximum atomic E-state index is 12.1. The quantitative estimate of drug-likeness (QED) is 0.854. The summed E-state index contributed by atoms with van der Waals surface area (Å²) in [5, 5.41) is 8.88. The van der Waals surface area contributed by atoms with Crippen molar-refractivity contribution in [3.63, 3.8) is 0 Å². The number of rotatable bonds is 4. The molecule has 1 aromatic rings. The zero-order valence-electron chi connectivity index (χ0n) is 9.13. The molecule has 0 amide bonds. The van der Waals surface area contributed by atoms with Crippen molar-refractivity contribution >= 4 is 10.0 Å². The standard InChI is InChI=1S/C11H15NO3S/c1-12(10-4-5-10)16(14,15)11-6-2-9(8-13)3-7-11/h2-3,6-7,10,13H,4-5,8H2,1H3. The van der Waals surface area contributed by atoms with Crippen LogP contribution in [0.1, 0.15) is 18.4 Å². The predicted octanol–water partition coefficient (Wildman–Crippen LogP) is 0.962. The Morgan fingerprint density at radius 1 is 1.31 bits per heavy atom. The summed E-state index contributed by atoms with van der Waals surface area (Å²) in [5.41, 5.74) is 0.716. The van der Waals surface area contributed by atoms with Crippen molar-refractivity contribution in [3.05, 3.63) is 29.8 Å². The van der Waals surface area contributed by atoms with Gasteiger partial charge in [0.1, 0.15) is 0 Å². The van der Waals surface area contributed by atoms with E-state index in [4.69, 9.17) is 5.11 Å². The molecular weight excluding hydrogens is 226 g/mol. The molecule has 1 N–H and O–H groups in total. The van der Waals surface area contributed by atoms with Gasteiger partial charge < -0.3 is 5.11 Å². The zero-order chi connectivity index (χ0) is 11.8. The lowest BCUT2D eigenvalue weighted by Crippen LogP contribution is -2.28. The monoisotopic (exact) mass is 241 g/mol. The Kier molecular flexibility index (Phi) is 3.01. The van der Waals surface area contributed by atoms with Gasteiger partial charge in [0, 0.05) is 13.1 Å². The summed E-state index contributed by atoms with van der Waals surface area (Å²) in [6, 6.07) is 6.52. The van der Waals surface area contributed by atoms with Crippen LogP contribution in [-0.4, -0.2) is 30.9 Å². The first-order chi connectivity index (χ1) is 7.55. The fraction of sp³-hybridized carbons (Fsp3) is 0.455. The molecule has 0 aromatic heterocycles. The smallest absolute Gasteiger partial charge is 0.243 e. The van der Waals surface area contributed by atoms with E-state index in [9.17, 15) is 8.42 Å². The first kappa shape index (κ1) is 11.6. The summed E-state index contributed by atoms with van der Waals surface area (Å²) in [6.45, 7) is -0.0706. The molecular formula is C11H15NO3S. The van der Waals surface area contributed by atoms with E-state index in [-0.39, 0.29) is 12.6 Å². The van der Waals surface area contributed by atoms with Crippen LogP contribution in [0, 0.1) is 0 Å². The van der Waals surface area contributed by atoms with Crippen LogP contribution in [0.3, 0.4) is 0 Å². The number of nitrogens with zero attached hydrogens (tertiary/aromatic N) is 1. The minimum absolute atomic E-state index is 0.0706. The highest BCUT2D eigenvalue weighted by Crippen LogP contribution is 2.30. The average Bonchev–Trinajstić information content (AvgIpc) is 3.12. The molecule has 1 aliphatic carbocycles. The second-order valence-electron chi connectivity index (χ2n) is 4.05. The Morgan fingerprint density at radius 3 is 2.31 bits per heavy atom. The summed E-state index contributed by atoms with van der Waals surface area (Å²) >= 11 is 0. The fourth-order valence-corrected chi connectivity index (χ4v) is 2.98. The normalized spacial score (nSPS) is 16.7. The number of aliphatic hydroxyl groups excluding tert-OH is 1. The Balaban J connectivity index is 2.27. The minimum Gasteiger partial charge on any atom is -0.392 e. The molecule has 1 aliphatic rings. The lowest BCUT2D eigenvalue weighted by atomic mass is 10.2. The van der Waals surface area contributed by atoms with Gasteiger partial charge in [-0.3, -0.25) is 0 Å². The topological polar surface area (TPSA) is 57.6 Å². The van der Waals surface area contributed by atoms with Crippen molar-refractivity contribution in [2.45, 2.75) is 30.4 Å². The van der Waals surface area contributed by atoms with E-state index in [1.807, 2.05) is 0 Å². The molecule has 0 aliphatic heterocycles. The lowest BCUT2D eigenvalue weighted by Gasteiger charge is -2.16. The Morgan fingerprint density at radius 2 is 1.88 bits per heavy atom. The second kappa shape index (κ2) is 4.16. The minimum atomic E-state index is -3.35. The zero-order valence-corrected chi connectivity index (χ0v) is 9.94. The third-order valence-corrected chi connectivity index (χ3v) is 4.77.